The van der Waals surface area contributed by atoms with E-state index in [4.69, 9.17) is 4.99 Å². The van der Waals surface area contributed by atoms with Crippen LogP contribution in [0.4, 0.5) is 13.2 Å². The molecular formula is C24H23F3N4S. The molecule has 2 aromatic heterocycles. The average Bonchev–Trinajstić information content (AvgIpc) is 3.37. The number of aromatic nitrogens is 2. The number of benzene rings is 1. The Morgan fingerprint density at radius 1 is 1.06 bits per heavy atom. The number of alkyl halides is 3. The standard InChI is InChI=1S/C24H23F3N4S/c1-14-11-19(16(3)31(14)18-8-6-7-17(12-18)24(25,26)27)22-21(20-9-4-5-10-28-20)29-23-30(22)13-15(2)32-23/h4-12,15,21-22H,13H2,1-3H3. The highest BCUT2D eigenvalue weighted by atomic mass is 32.2. The second kappa shape index (κ2) is 7.69. The van der Waals surface area contributed by atoms with Crippen molar-refractivity contribution in [1.82, 2.24) is 14.5 Å². The van der Waals surface area contributed by atoms with Gasteiger partial charge in [-0.1, -0.05) is 30.8 Å². The van der Waals surface area contributed by atoms with Crippen LogP contribution in [0, 0.1) is 13.8 Å². The minimum Gasteiger partial charge on any atom is -0.341 e. The molecule has 0 N–H and O–H groups in total. The van der Waals surface area contributed by atoms with Crippen molar-refractivity contribution in [3.8, 4) is 5.69 Å². The second-order valence-corrected chi connectivity index (χ2v) is 9.75. The van der Waals surface area contributed by atoms with E-state index in [0.717, 1.165) is 40.4 Å². The first kappa shape index (κ1) is 21.1. The van der Waals surface area contributed by atoms with Crippen molar-refractivity contribution in [3.05, 3.63) is 82.9 Å². The molecule has 4 nitrogen and oxygen atoms in total. The van der Waals surface area contributed by atoms with Gasteiger partial charge < -0.3 is 9.47 Å². The van der Waals surface area contributed by atoms with E-state index >= 15 is 0 Å². The van der Waals surface area contributed by atoms with E-state index in [1.807, 2.05) is 36.6 Å². The molecule has 3 aromatic rings. The van der Waals surface area contributed by atoms with E-state index < -0.39 is 11.7 Å². The third kappa shape index (κ3) is 3.50. The third-order valence-electron chi connectivity index (χ3n) is 6.10. The van der Waals surface area contributed by atoms with Crippen LogP contribution in [-0.2, 0) is 6.18 Å². The Morgan fingerprint density at radius 2 is 1.88 bits per heavy atom. The molecule has 32 heavy (non-hydrogen) atoms. The number of aryl methyl sites for hydroxylation is 1. The van der Waals surface area contributed by atoms with Gasteiger partial charge in [-0.2, -0.15) is 13.2 Å². The third-order valence-corrected chi connectivity index (χ3v) is 7.20. The van der Waals surface area contributed by atoms with Gasteiger partial charge in [0, 0.05) is 35.1 Å². The number of hydrogen-bond donors (Lipinski definition) is 0. The fourth-order valence-electron chi connectivity index (χ4n) is 4.76. The number of halogens is 3. The van der Waals surface area contributed by atoms with Crippen molar-refractivity contribution in [2.24, 2.45) is 4.99 Å². The molecule has 0 radical (unpaired) electrons. The summed E-state index contributed by atoms with van der Waals surface area (Å²) >= 11 is 1.77. The zero-order chi connectivity index (χ0) is 22.6. The summed E-state index contributed by atoms with van der Waals surface area (Å²) in [6, 6.07) is 13.2. The summed E-state index contributed by atoms with van der Waals surface area (Å²) < 4.78 is 41.9. The molecule has 3 unspecified atom stereocenters. The predicted molar refractivity (Wildman–Crippen MR) is 121 cm³/mol. The number of thioether (sulfide) groups is 1. The Bertz CT molecular complexity index is 1190. The molecule has 5 rings (SSSR count). The van der Waals surface area contributed by atoms with E-state index in [9.17, 15) is 13.2 Å². The molecule has 1 fully saturated rings. The largest absolute Gasteiger partial charge is 0.416 e. The normalized spacial score (nSPS) is 22.9. The molecule has 3 atom stereocenters. The smallest absolute Gasteiger partial charge is 0.341 e. The summed E-state index contributed by atoms with van der Waals surface area (Å²) in [5, 5.41) is 1.45. The van der Waals surface area contributed by atoms with Crippen LogP contribution in [0.5, 0.6) is 0 Å². The van der Waals surface area contributed by atoms with E-state index in [2.05, 4.69) is 22.9 Å². The predicted octanol–water partition coefficient (Wildman–Crippen LogP) is 6.10. The zero-order valence-electron chi connectivity index (χ0n) is 18.0. The lowest BCUT2D eigenvalue weighted by molar-refractivity contribution is -0.137. The van der Waals surface area contributed by atoms with Gasteiger partial charge in [0.25, 0.3) is 0 Å². The molecular weight excluding hydrogens is 433 g/mol. The van der Waals surface area contributed by atoms with Crippen molar-refractivity contribution in [1.29, 1.82) is 0 Å². The van der Waals surface area contributed by atoms with Gasteiger partial charge in [-0.05, 0) is 55.8 Å². The van der Waals surface area contributed by atoms with Gasteiger partial charge in [0.15, 0.2) is 5.17 Å². The number of amidine groups is 1. The number of aliphatic imine (C=N–C) groups is 1. The first-order chi connectivity index (χ1) is 15.2. The maximum atomic E-state index is 13.3. The van der Waals surface area contributed by atoms with Gasteiger partial charge in [-0.3, -0.25) is 9.98 Å². The summed E-state index contributed by atoms with van der Waals surface area (Å²) in [5.41, 5.74) is 3.66. The molecule has 4 heterocycles. The number of fused-ring (bicyclic) bond motifs is 1. The summed E-state index contributed by atoms with van der Waals surface area (Å²) in [7, 11) is 0. The van der Waals surface area contributed by atoms with Gasteiger partial charge in [0.1, 0.15) is 6.04 Å². The maximum Gasteiger partial charge on any atom is 0.416 e. The van der Waals surface area contributed by atoms with E-state index in [1.165, 1.54) is 12.1 Å². The Kier molecular flexibility index (Phi) is 5.08. The fourth-order valence-corrected chi connectivity index (χ4v) is 5.85. The molecule has 0 saturated carbocycles. The lowest BCUT2D eigenvalue weighted by Crippen LogP contribution is -2.28. The zero-order valence-corrected chi connectivity index (χ0v) is 18.8. The lowest BCUT2D eigenvalue weighted by atomic mass is 9.96. The van der Waals surface area contributed by atoms with Crippen LogP contribution >= 0.6 is 11.8 Å². The molecule has 166 valence electrons. The molecule has 0 amide bonds. The quantitative estimate of drug-likeness (QED) is 0.478. The molecule has 0 aliphatic carbocycles. The van der Waals surface area contributed by atoms with Crippen molar-refractivity contribution < 1.29 is 13.2 Å². The number of rotatable bonds is 3. The highest BCUT2D eigenvalue weighted by Crippen LogP contribution is 2.49. The molecule has 0 bridgehead atoms. The Labute approximate surface area is 189 Å². The maximum absolute atomic E-state index is 13.3. The minimum absolute atomic E-state index is 0.0388. The molecule has 1 saturated heterocycles. The van der Waals surface area contributed by atoms with Gasteiger partial charge in [-0.25, -0.2) is 0 Å². The summed E-state index contributed by atoms with van der Waals surface area (Å²) in [5.74, 6) is 0. The van der Waals surface area contributed by atoms with Gasteiger partial charge in [0.05, 0.1) is 17.3 Å². The van der Waals surface area contributed by atoms with E-state index in [1.54, 1.807) is 24.0 Å². The fraction of sp³-hybridized carbons (Fsp3) is 0.333. The molecule has 2 aliphatic rings. The minimum atomic E-state index is -4.38. The summed E-state index contributed by atoms with van der Waals surface area (Å²) in [6.45, 7) is 6.97. The first-order valence-corrected chi connectivity index (χ1v) is 11.4. The van der Waals surface area contributed by atoms with Gasteiger partial charge >= 0.3 is 6.18 Å². The molecule has 2 aliphatic heterocycles. The molecule has 8 heteroatoms. The lowest BCUT2D eigenvalue weighted by Gasteiger charge is -2.27. The average molecular weight is 457 g/mol. The number of pyridine rings is 1. The van der Waals surface area contributed by atoms with Crippen LogP contribution in [-0.4, -0.2) is 31.4 Å². The SMILES string of the molecule is Cc1cc(C2C(c3ccccn3)N=C3SC(C)CN32)c(C)n1-c1cccc(C(F)(F)F)c1. The summed E-state index contributed by atoms with van der Waals surface area (Å²) in [6.07, 6.45) is -2.60. The van der Waals surface area contributed by atoms with Crippen LogP contribution in [0.1, 0.15) is 47.2 Å². The Hall–Kier alpha value is -2.74. The Morgan fingerprint density at radius 3 is 2.59 bits per heavy atom. The highest BCUT2D eigenvalue weighted by molar-refractivity contribution is 8.14. The van der Waals surface area contributed by atoms with Crippen LogP contribution < -0.4 is 0 Å². The first-order valence-electron chi connectivity index (χ1n) is 10.5. The van der Waals surface area contributed by atoms with Crippen molar-refractivity contribution in [3.63, 3.8) is 0 Å². The van der Waals surface area contributed by atoms with Crippen LogP contribution in [0.15, 0.2) is 59.7 Å². The van der Waals surface area contributed by atoms with E-state index in [-0.39, 0.29) is 12.1 Å². The summed E-state index contributed by atoms with van der Waals surface area (Å²) in [4.78, 5) is 11.9. The molecule has 0 spiro atoms. The number of hydrogen-bond acceptors (Lipinski definition) is 4. The highest BCUT2D eigenvalue weighted by Gasteiger charge is 2.44. The Balaban J connectivity index is 1.61. The van der Waals surface area contributed by atoms with Crippen LogP contribution in [0.3, 0.4) is 0 Å². The topological polar surface area (TPSA) is 33.4 Å². The number of nitrogens with zero attached hydrogens (tertiary/aromatic N) is 4. The van der Waals surface area contributed by atoms with Crippen molar-refractivity contribution in [2.75, 3.05) is 6.54 Å². The van der Waals surface area contributed by atoms with Crippen LogP contribution in [0.2, 0.25) is 0 Å². The second-order valence-electron chi connectivity index (χ2n) is 8.35. The van der Waals surface area contributed by atoms with E-state index in [0.29, 0.717) is 10.9 Å². The van der Waals surface area contributed by atoms with Crippen LogP contribution in [0.25, 0.3) is 5.69 Å². The van der Waals surface area contributed by atoms with Gasteiger partial charge in [-0.15, -0.1) is 0 Å². The molecule has 1 aromatic carbocycles. The van der Waals surface area contributed by atoms with Crippen molar-refractivity contribution in [2.45, 2.75) is 44.3 Å². The monoisotopic (exact) mass is 456 g/mol. The van der Waals surface area contributed by atoms with Crippen molar-refractivity contribution >= 4 is 16.9 Å². The van der Waals surface area contributed by atoms with Gasteiger partial charge in [0.2, 0.25) is 0 Å².